The van der Waals surface area contributed by atoms with Crippen LogP contribution in [0.4, 0.5) is 0 Å². The Labute approximate surface area is 124 Å². The molecule has 0 fully saturated rings. The van der Waals surface area contributed by atoms with Crippen LogP contribution in [0.2, 0.25) is 0 Å². The number of aliphatic hydroxyl groups is 1. The van der Waals surface area contributed by atoms with Gasteiger partial charge < -0.3 is 5.11 Å². The molecule has 0 saturated carbocycles. The van der Waals surface area contributed by atoms with Gasteiger partial charge in [-0.3, -0.25) is 5.10 Å². The van der Waals surface area contributed by atoms with Gasteiger partial charge >= 0.3 is 0 Å². The predicted molar refractivity (Wildman–Crippen MR) is 84.1 cm³/mol. The highest BCUT2D eigenvalue weighted by Crippen LogP contribution is 2.27. The van der Waals surface area contributed by atoms with E-state index in [0.29, 0.717) is 0 Å². The summed E-state index contributed by atoms with van der Waals surface area (Å²) in [6, 6.07) is 16.6. The lowest BCUT2D eigenvalue weighted by Crippen LogP contribution is -2.05. The van der Waals surface area contributed by atoms with Gasteiger partial charge in [-0.05, 0) is 23.6 Å². The Kier molecular flexibility index (Phi) is 3.84. The number of aromatic amines is 1. The van der Waals surface area contributed by atoms with Gasteiger partial charge in [-0.15, -0.1) is 0 Å². The molecule has 3 aromatic rings. The average Bonchev–Trinajstić information content (AvgIpc) is 3.05. The van der Waals surface area contributed by atoms with E-state index < -0.39 is 0 Å². The van der Waals surface area contributed by atoms with Gasteiger partial charge in [-0.25, -0.2) is 0 Å². The maximum atomic E-state index is 9.74. The molecule has 0 amide bonds. The van der Waals surface area contributed by atoms with Crippen molar-refractivity contribution in [2.24, 2.45) is 0 Å². The quantitative estimate of drug-likeness (QED) is 0.767. The van der Waals surface area contributed by atoms with Gasteiger partial charge in [0.1, 0.15) is 0 Å². The number of hydrogen-bond acceptors (Lipinski definition) is 2. The Morgan fingerprint density at radius 1 is 0.952 bits per heavy atom. The Balaban J connectivity index is 1.89. The van der Waals surface area contributed by atoms with Gasteiger partial charge in [0, 0.05) is 17.7 Å². The van der Waals surface area contributed by atoms with Crippen LogP contribution in [0.3, 0.4) is 0 Å². The standard InChI is InChI=1S/C18H18N2O/c1-13-2-4-15(5-3-13)18(12-21)16-8-6-14(7-9-16)17-10-19-20-11-17/h2-11,18,21H,12H2,1H3,(H,19,20). The molecule has 1 unspecified atom stereocenters. The van der Waals surface area contributed by atoms with Gasteiger partial charge in [0.2, 0.25) is 0 Å². The first-order chi connectivity index (χ1) is 10.3. The first-order valence-corrected chi connectivity index (χ1v) is 7.04. The topological polar surface area (TPSA) is 48.9 Å². The monoisotopic (exact) mass is 278 g/mol. The second-order valence-corrected chi connectivity index (χ2v) is 5.25. The summed E-state index contributed by atoms with van der Waals surface area (Å²) in [5.74, 6) is 0.0176. The number of H-pyrrole nitrogens is 1. The second-order valence-electron chi connectivity index (χ2n) is 5.25. The van der Waals surface area contributed by atoms with Crippen LogP contribution >= 0.6 is 0 Å². The molecule has 1 aromatic heterocycles. The second kappa shape index (κ2) is 5.94. The molecule has 0 aliphatic heterocycles. The van der Waals surface area contributed by atoms with Crippen molar-refractivity contribution >= 4 is 0 Å². The lowest BCUT2D eigenvalue weighted by atomic mass is 9.90. The highest BCUT2D eigenvalue weighted by atomic mass is 16.3. The molecule has 0 saturated heterocycles. The molecular weight excluding hydrogens is 260 g/mol. The summed E-state index contributed by atoms with van der Waals surface area (Å²) in [6.45, 7) is 2.17. The van der Waals surface area contributed by atoms with E-state index in [2.05, 4.69) is 65.7 Å². The molecule has 3 heteroatoms. The van der Waals surface area contributed by atoms with E-state index in [9.17, 15) is 5.11 Å². The third kappa shape index (κ3) is 2.88. The largest absolute Gasteiger partial charge is 0.395 e. The van der Waals surface area contributed by atoms with Crippen LogP contribution in [0.5, 0.6) is 0 Å². The fourth-order valence-electron chi connectivity index (χ4n) is 2.52. The smallest absolute Gasteiger partial charge is 0.0565 e. The number of rotatable bonds is 4. The van der Waals surface area contributed by atoms with Crippen molar-refractivity contribution in [3.05, 3.63) is 77.6 Å². The van der Waals surface area contributed by atoms with Crippen molar-refractivity contribution in [2.75, 3.05) is 6.61 Å². The predicted octanol–water partition coefficient (Wildman–Crippen LogP) is 3.51. The van der Waals surface area contributed by atoms with Crippen molar-refractivity contribution < 1.29 is 5.11 Å². The van der Waals surface area contributed by atoms with Crippen LogP contribution in [-0.4, -0.2) is 21.9 Å². The van der Waals surface area contributed by atoms with E-state index in [0.717, 1.165) is 22.3 Å². The highest BCUT2D eigenvalue weighted by molar-refractivity contribution is 5.62. The van der Waals surface area contributed by atoms with Crippen molar-refractivity contribution in [2.45, 2.75) is 12.8 Å². The lowest BCUT2D eigenvalue weighted by Gasteiger charge is -2.16. The molecule has 106 valence electrons. The zero-order valence-corrected chi connectivity index (χ0v) is 12.0. The summed E-state index contributed by atoms with van der Waals surface area (Å²) in [5.41, 5.74) is 5.67. The molecule has 1 heterocycles. The highest BCUT2D eigenvalue weighted by Gasteiger charge is 2.13. The Morgan fingerprint density at radius 2 is 1.57 bits per heavy atom. The first-order valence-electron chi connectivity index (χ1n) is 7.04. The molecule has 0 radical (unpaired) electrons. The Morgan fingerprint density at radius 3 is 2.10 bits per heavy atom. The lowest BCUT2D eigenvalue weighted by molar-refractivity contribution is 0.280. The molecule has 21 heavy (non-hydrogen) atoms. The number of aliphatic hydroxyl groups excluding tert-OH is 1. The maximum Gasteiger partial charge on any atom is 0.0565 e. The van der Waals surface area contributed by atoms with E-state index in [4.69, 9.17) is 0 Å². The van der Waals surface area contributed by atoms with Crippen LogP contribution in [-0.2, 0) is 0 Å². The van der Waals surface area contributed by atoms with Gasteiger partial charge in [0.15, 0.2) is 0 Å². The van der Waals surface area contributed by atoms with E-state index in [1.807, 2.05) is 6.20 Å². The van der Waals surface area contributed by atoms with Crippen molar-refractivity contribution in [3.8, 4) is 11.1 Å². The normalized spacial score (nSPS) is 12.3. The van der Waals surface area contributed by atoms with Crippen LogP contribution in [0, 0.1) is 6.92 Å². The molecule has 0 aliphatic rings. The molecule has 2 aromatic carbocycles. The van der Waals surface area contributed by atoms with E-state index in [1.165, 1.54) is 5.56 Å². The Bertz CT molecular complexity index is 685. The third-order valence-corrected chi connectivity index (χ3v) is 3.81. The molecule has 0 aliphatic carbocycles. The summed E-state index contributed by atoms with van der Waals surface area (Å²) in [7, 11) is 0. The zero-order valence-electron chi connectivity index (χ0n) is 12.0. The Hall–Kier alpha value is -2.39. The minimum Gasteiger partial charge on any atom is -0.395 e. The number of hydrogen-bond donors (Lipinski definition) is 2. The van der Waals surface area contributed by atoms with Gasteiger partial charge in [-0.1, -0.05) is 54.1 Å². The fraction of sp³-hybridized carbons (Fsp3) is 0.167. The first kappa shape index (κ1) is 13.6. The van der Waals surface area contributed by atoms with E-state index in [1.54, 1.807) is 6.20 Å². The van der Waals surface area contributed by atoms with Crippen molar-refractivity contribution in [1.29, 1.82) is 0 Å². The van der Waals surface area contributed by atoms with Crippen molar-refractivity contribution in [3.63, 3.8) is 0 Å². The molecule has 2 N–H and O–H groups in total. The fourth-order valence-corrected chi connectivity index (χ4v) is 2.52. The summed E-state index contributed by atoms with van der Waals surface area (Å²) < 4.78 is 0. The zero-order chi connectivity index (χ0) is 14.7. The van der Waals surface area contributed by atoms with Gasteiger partial charge in [0.25, 0.3) is 0 Å². The summed E-state index contributed by atoms with van der Waals surface area (Å²) in [4.78, 5) is 0. The van der Waals surface area contributed by atoms with Crippen LogP contribution in [0.1, 0.15) is 22.6 Å². The number of aryl methyl sites for hydroxylation is 1. The molecule has 0 spiro atoms. The van der Waals surface area contributed by atoms with Crippen LogP contribution in [0.15, 0.2) is 60.9 Å². The van der Waals surface area contributed by atoms with Crippen LogP contribution < -0.4 is 0 Å². The van der Waals surface area contributed by atoms with E-state index in [-0.39, 0.29) is 12.5 Å². The number of nitrogens with zero attached hydrogens (tertiary/aromatic N) is 1. The molecule has 3 rings (SSSR count). The average molecular weight is 278 g/mol. The number of nitrogens with one attached hydrogen (secondary N) is 1. The van der Waals surface area contributed by atoms with Crippen molar-refractivity contribution in [1.82, 2.24) is 10.2 Å². The summed E-state index contributed by atoms with van der Waals surface area (Å²) in [5, 5.41) is 16.5. The summed E-state index contributed by atoms with van der Waals surface area (Å²) >= 11 is 0. The molecule has 1 atom stereocenters. The minimum absolute atomic E-state index is 0.0176. The van der Waals surface area contributed by atoms with Gasteiger partial charge in [0.05, 0.1) is 12.8 Å². The minimum atomic E-state index is 0.0176. The van der Waals surface area contributed by atoms with Gasteiger partial charge in [-0.2, -0.15) is 5.10 Å². The number of aromatic nitrogens is 2. The summed E-state index contributed by atoms with van der Waals surface area (Å²) in [6.07, 6.45) is 3.68. The maximum absolute atomic E-state index is 9.74. The van der Waals surface area contributed by atoms with E-state index >= 15 is 0 Å². The molecule has 0 bridgehead atoms. The number of benzene rings is 2. The SMILES string of the molecule is Cc1ccc(C(CO)c2ccc(-c3cn[nH]c3)cc2)cc1. The molecule has 3 nitrogen and oxygen atoms in total. The third-order valence-electron chi connectivity index (χ3n) is 3.81. The van der Waals surface area contributed by atoms with Crippen LogP contribution in [0.25, 0.3) is 11.1 Å². The molecular formula is C18H18N2O.